The molecule has 130 valence electrons. The van der Waals surface area contributed by atoms with E-state index in [2.05, 4.69) is 34.0 Å². The molecule has 1 aliphatic carbocycles. The van der Waals surface area contributed by atoms with E-state index in [1.807, 2.05) is 32.1 Å². The number of thiophene rings is 1. The smallest absolute Gasteiger partial charge is 0.410 e. The Balaban J connectivity index is 1.73. The Labute approximate surface area is 157 Å². The van der Waals surface area contributed by atoms with Gasteiger partial charge in [0.1, 0.15) is 5.60 Å². The molecule has 0 spiro atoms. The van der Waals surface area contributed by atoms with Crippen LogP contribution in [0.3, 0.4) is 0 Å². The zero-order valence-corrected chi connectivity index (χ0v) is 17.4. The molecule has 1 aliphatic rings. The number of ether oxygens (including phenoxy) is 1. The summed E-state index contributed by atoms with van der Waals surface area (Å²) in [6, 6.07) is 2.80. The fourth-order valence-corrected chi connectivity index (χ4v) is 4.88. The first-order valence-electron chi connectivity index (χ1n) is 8.22. The van der Waals surface area contributed by atoms with Crippen LogP contribution in [-0.2, 0) is 11.2 Å². The number of hydrogen-bond donors (Lipinski definition) is 1. The molecular weight excluding hydrogens is 423 g/mol. The highest BCUT2D eigenvalue weighted by atomic mass is 127. The standard InChI is InChI=1S/C17H27IN2O2S/c1-17(2,3)22-16(21)20(4)10-6-9-19-13-7-5-8-14-12(13)11-15(18)23-14/h11,13,19H,5-10H2,1-4H3. The maximum absolute atomic E-state index is 11.9. The average molecular weight is 450 g/mol. The molecular formula is C17H27IN2O2S. The van der Waals surface area contributed by atoms with Gasteiger partial charge in [0, 0.05) is 24.5 Å². The zero-order chi connectivity index (χ0) is 17.0. The van der Waals surface area contributed by atoms with E-state index < -0.39 is 5.60 Å². The van der Waals surface area contributed by atoms with Crippen LogP contribution in [0, 0.1) is 2.88 Å². The lowest BCUT2D eigenvalue weighted by Crippen LogP contribution is -2.36. The Hall–Kier alpha value is -0.340. The minimum absolute atomic E-state index is 0.246. The highest BCUT2D eigenvalue weighted by Crippen LogP contribution is 2.36. The van der Waals surface area contributed by atoms with Crippen LogP contribution in [-0.4, -0.2) is 36.7 Å². The number of fused-ring (bicyclic) bond motifs is 1. The first-order valence-corrected chi connectivity index (χ1v) is 10.1. The number of carbonyl (C=O) groups is 1. The van der Waals surface area contributed by atoms with E-state index in [1.54, 1.807) is 16.8 Å². The molecule has 0 aliphatic heterocycles. The van der Waals surface area contributed by atoms with E-state index in [0.29, 0.717) is 12.6 Å². The number of amides is 1. The summed E-state index contributed by atoms with van der Waals surface area (Å²) in [7, 11) is 1.80. The minimum Gasteiger partial charge on any atom is -0.444 e. The lowest BCUT2D eigenvalue weighted by Gasteiger charge is -2.26. The lowest BCUT2D eigenvalue weighted by atomic mass is 9.94. The minimum atomic E-state index is -0.432. The summed E-state index contributed by atoms with van der Waals surface area (Å²) < 4.78 is 6.74. The Morgan fingerprint density at radius 2 is 2.26 bits per heavy atom. The maximum Gasteiger partial charge on any atom is 0.410 e. The topological polar surface area (TPSA) is 41.6 Å². The van der Waals surface area contributed by atoms with E-state index in [4.69, 9.17) is 4.74 Å². The summed E-state index contributed by atoms with van der Waals surface area (Å²) in [6.07, 6.45) is 4.39. The summed E-state index contributed by atoms with van der Waals surface area (Å²) in [5, 5.41) is 3.66. The highest BCUT2D eigenvalue weighted by Gasteiger charge is 2.22. The van der Waals surface area contributed by atoms with E-state index in [1.165, 1.54) is 27.7 Å². The van der Waals surface area contributed by atoms with Crippen molar-refractivity contribution in [2.45, 2.75) is 58.1 Å². The fourth-order valence-electron chi connectivity index (χ4n) is 2.76. The zero-order valence-electron chi connectivity index (χ0n) is 14.4. The molecule has 1 N–H and O–H groups in total. The molecule has 1 aromatic rings. The van der Waals surface area contributed by atoms with Gasteiger partial charge >= 0.3 is 6.09 Å². The van der Waals surface area contributed by atoms with Crippen molar-refractivity contribution < 1.29 is 9.53 Å². The van der Waals surface area contributed by atoms with Crippen molar-refractivity contribution in [3.05, 3.63) is 19.4 Å². The largest absolute Gasteiger partial charge is 0.444 e. The van der Waals surface area contributed by atoms with E-state index in [9.17, 15) is 4.79 Å². The molecule has 1 atom stereocenters. The van der Waals surface area contributed by atoms with Crippen molar-refractivity contribution in [2.75, 3.05) is 20.1 Å². The van der Waals surface area contributed by atoms with Crippen LogP contribution in [0.15, 0.2) is 6.07 Å². The second-order valence-electron chi connectivity index (χ2n) is 7.08. The van der Waals surface area contributed by atoms with Crippen molar-refractivity contribution in [2.24, 2.45) is 0 Å². The summed E-state index contributed by atoms with van der Waals surface area (Å²) in [6.45, 7) is 7.31. The van der Waals surface area contributed by atoms with Gasteiger partial charge in [0.25, 0.3) is 0 Å². The molecule has 1 unspecified atom stereocenters. The molecule has 23 heavy (non-hydrogen) atoms. The van der Waals surface area contributed by atoms with Crippen LogP contribution in [0.2, 0.25) is 0 Å². The third-order valence-corrected chi connectivity index (χ3v) is 5.82. The van der Waals surface area contributed by atoms with Crippen LogP contribution in [0.5, 0.6) is 0 Å². The monoisotopic (exact) mass is 450 g/mol. The van der Waals surface area contributed by atoms with Crippen LogP contribution in [0.1, 0.15) is 56.5 Å². The molecule has 1 heterocycles. The second kappa shape index (κ2) is 8.16. The Kier molecular flexibility index (Phi) is 6.74. The molecule has 1 amide bonds. The molecule has 2 rings (SSSR count). The van der Waals surface area contributed by atoms with Gasteiger partial charge in [0.05, 0.1) is 2.88 Å². The molecule has 0 saturated heterocycles. The van der Waals surface area contributed by atoms with Crippen molar-refractivity contribution in [3.63, 3.8) is 0 Å². The summed E-state index contributed by atoms with van der Waals surface area (Å²) in [5.41, 5.74) is 1.06. The number of rotatable bonds is 5. The Morgan fingerprint density at radius 3 is 2.96 bits per heavy atom. The third-order valence-electron chi connectivity index (χ3n) is 3.85. The second-order valence-corrected chi connectivity index (χ2v) is 10.1. The van der Waals surface area contributed by atoms with Crippen LogP contribution >= 0.6 is 33.9 Å². The van der Waals surface area contributed by atoms with E-state index >= 15 is 0 Å². The van der Waals surface area contributed by atoms with Gasteiger partial charge < -0.3 is 15.0 Å². The van der Waals surface area contributed by atoms with Crippen molar-refractivity contribution in [1.29, 1.82) is 0 Å². The van der Waals surface area contributed by atoms with Gasteiger partial charge in [-0.2, -0.15) is 0 Å². The third kappa shape index (κ3) is 5.90. The van der Waals surface area contributed by atoms with Gasteiger partial charge in [-0.1, -0.05) is 0 Å². The van der Waals surface area contributed by atoms with Gasteiger partial charge in [-0.15, -0.1) is 11.3 Å². The van der Waals surface area contributed by atoms with Crippen LogP contribution in [0.25, 0.3) is 0 Å². The number of halogens is 1. The predicted octanol–water partition coefficient (Wildman–Crippen LogP) is 4.58. The van der Waals surface area contributed by atoms with Gasteiger partial charge in [0.15, 0.2) is 0 Å². The Morgan fingerprint density at radius 1 is 1.52 bits per heavy atom. The van der Waals surface area contributed by atoms with Gasteiger partial charge in [-0.3, -0.25) is 0 Å². The summed E-state index contributed by atoms with van der Waals surface area (Å²) in [4.78, 5) is 15.1. The van der Waals surface area contributed by atoms with Crippen molar-refractivity contribution >= 4 is 40.0 Å². The van der Waals surface area contributed by atoms with Gasteiger partial charge in [-0.05, 0) is 87.2 Å². The van der Waals surface area contributed by atoms with Gasteiger partial charge in [0.2, 0.25) is 0 Å². The maximum atomic E-state index is 11.9. The first kappa shape index (κ1) is 19.0. The molecule has 0 aromatic carbocycles. The number of carbonyl (C=O) groups excluding carboxylic acids is 1. The average Bonchev–Trinajstić information content (AvgIpc) is 2.82. The first-order chi connectivity index (χ1) is 10.8. The molecule has 6 heteroatoms. The quantitative estimate of drug-likeness (QED) is 0.528. The van der Waals surface area contributed by atoms with E-state index in [0.717, 1.165) is 13.0 Å². The van der Waals surface area contributed by atoms with Crippen molar-refractivity contribution in [1.82, 2.24) is 10.2 Å². The molecule has 0 saturated carbocycles. The fraction of sp³-hybridized carbons (Fsp3) is 0.706. The Bertz CT molecular complexity index is 539. The normalized spacial score (nSPS) is 17.7. The van der Waals surface area contributed by atoms with Gasteiger partial charge in [-0.25, -0.2) is 4.79 Å². The molecule has 4 nitrogen and oxygen atoms in total. The predicted molar refractivity (Wildman–Crippen MR) is 104 cm³/mol. The number of nitrogens with zero attached hydrogens (tertiary/aromatic N) is 1. The number of aryl methyl sites for hydroxylation is 1. The summed E-state index contributed by atoms with van der Waals surface area (Å²) >= 11 is 4.34. The summed E-state index contributed by atoms with van der Waals surface area (Å²) in [5.74, 6) is 0. The van der Waals surface area contributed by atoms with Crippen LogP contribution in [0.4, 0.5) is 4.79 Å². The molecule has 0 bridgehead atoms. The van der Waals surface area contributed by atoms with E-state index in [-0.39, 0.29) is 6.09 Å². The van der Waals surface area contributed by atoms with Crippen molar-refractivity contribution in [3.8, 4) is 0 Å². The SMILES string of the molecule is CN(CCCNC1CCCc2sc(I)cc21)C(=O)OC(C)(C)C. The number of nitrogens with one attached hydrogen (secondary N) is 1. The molecule has 0 radical (unpaired) electrons. The van der Waals surface area contributed by atoms with Crippen LogP contribution < -0.4 is 5.32 Å². The highest BCUT2D eigenvalue weighted by molar-refractivity contribution is 14.1. The molecule has 0 fully saturated rings. The lowest BCUT2D eigenvalue weighted by molar-refractivity contribution is 0.0297. The molecule has 1 aromatic heterocycles. The number of hydrogen-bond acceptors (Lipinski definition) is 4.